The molecule has 2 aliphatic rings. The van der Waals surface area contributed by atoms with Gasteiger partial charge in [-0.1, -0.05) is 46.5 Å². The highest BCUT2D eigenvalue weighted by Gasteiger charge is 2.23. The van der Waals surface area contributed by atoms with Crippen LogP contribution in [0.25, 0.3) is 0 Å². The molecule has 4 atom stereocenters. The summed E-state index contributed by atoms with van der Waals surface area (Å²) in [7, 11) is 0. The average Bonchev–Trinajstić information content (AvgIpc) is 3.42. The van der Waals surface area contributed by atoms with Crippen LogP contribution in [0.4, 0.5) is 0 Å². The van der Waals surface area contributed by atoms with Crippen LogP contribution in [-0.2, 0) is 18.9 Å². The molecule has 0 aromatic heterocycles. The molecule has 2 rings (SSSR count). The van der Waals surface area contributed by atoms with Gasteiger partial charge in [0, 0.05) is 13.2 Å². The molecule has 0 radical (unpaired) electrons. The van der Waals surface area contributed by atoms with E-state index in [-0.39, 0.29) is 0 Å². The molecular weight excluding hydrogens is 304 g/mol. The standard InChI is InChI=1S/C20H38O4/c1-16(6-4-8-17(2)10-21-12-19-14-23-19)7-5-9-18(3)11-22-13-20-15-24-20/h16-20H,4-15H2,1-3H3. The Morgan fingerprint density at radius 1 is 0.708 bits per heavy atom. The van der Waals surface area contributed by atoms with Crippen LogP contribution in [0.5, 0.6) is 0 Å². The summed E-state index contributed by atoms with van der Waals surface area (Å²) in [6.07, 6.45) is 8.70. The number of rotatable bonds is 16. The molecule has 2 heterocycles. The lowest BCUT2D eigenvalue weighted by molar-refractivity contribution is 0.0863. The lowest BCUT2D eigenvalue weighted by Crippen LogP contribution is -2.11. The molecule has 0 spiro atoms. The molecule has 24 heavy (non-hydrogen) atoms. The third-order valence-electron chi connectivity index (χ3n) is 5.00. The molecule has 0 saturated carbocycles. The van der Waals surface area contributed by atoms with E-state index in [1.54, 1.807) is 0 Å². The molecular formula is C20H38O4. The molecule has 142 valence electrons. The van der Waals surface area contributed by atoms with Gasteiger partial charge in [0.2, 0.25) is 0 Å². The van der Waals surface area contributed by atoms with Crippen LogP contribution in [-0.4, -0.2) is 51.8 Å². The second kappa shape index (κ2) is 11.5. The van der Waals surface area contributed by atoms with Gasteiger partial charge in [-0.05, 0) is 30.6 Å². The van der Waals surface area contributed by atoms with Crippen LogP contribution in [0, 0.1) is 17.8 Å². The summed E-state index contributed by atoms with van der Waals surface area (Å²) in [4.78, 5) is 0. The van der Waals surface area contributed by atoms with Gasteiger partial charge in [-0.25, -0.2) is 0 Å². The SMILES string of the molecule is CC(CCCC(C)COCC1CO1)CCCC(C)COCC1CO1. The lowest BCUT2D eigenvalue weighted by Gasteiger charge is -2.16. The van der Waals surface area contributed by atoms with Gasteiger partial charge in [-0.2, -0.15) is 0 Å². The van der Waals surface area contributed by atoms with Crippen molar-refractivity contribution in [1.29, 1.82) is 0 Å². The van der Waals surface area contributed by atoms with Crippen molar-refractivity contribution in [3.8, 4) is 0 Å². The van der Waals surface area contributed by atoms with Gasteiger partial charge in [0.05, 0.1) is 26.4 Å². The normalized spacial score (nSPS) is 26.1. The van der Waals surface area contributed by atoms with Gasteiger partial charge in [-0.3, -0.25) is 0 Å². The molecule has 0 aromatic rings. The highest BCUT2D eigenvalue weighted by Crippen LogP contribution is 2.20. The molecule has 0 aliphatic carbocycles. The predicted octanol–water partition coefficient (Wildman–Crippen LogP) is 4.07. The Balaban J connectivity index is 1.34. The Morgan fingerprint density at radius 3 is 1.46 bits per heavy atom. The minimum atomic E-state index is 0.395. The van der Waals surface area contributed by atoms with Gasteiger partial charge in [0.1, 0.15) is 12.2 Å². The van der Waals surface area contributed by atoms with Crippen LogP contribution in [0.1, 0.15) is 59.3 Å². The molecule has 4 heteroatoms. The van der Waals surface area contributed by atoms with E-state index >= 15 is 0 Å². The summed E-state index contributed by atoms with van der Waals surface area (Å²) in [5.74, 6) is 2.18. The first kappa shape index (κ1) is 20.2. The number of ether oxygens (including phenoxy) is 4. The minimum Gasteiger partial charge on any atom is -0.378 e. The molecule has 4 unspecified atom stereocenters. The summed E-state index contributed by atoms with van der Waals surface area (Å²) in [6, 6.07) is 0. The maximum absolute atomic E-state index is 5.67. The monoisotopic (exact) mass is 342 g/mol. The zero-order valence-electron chi connectivity index (χ0n) is 16.0. The van der Waals surface area contributed by atoms with Gasteiger partial charge in [-0.15, -0.1) is 0 Å². The van der Waals surface area contributed by atoms with E-state index in [0.717, 1.165) is 45.6 Å². The van der Waals surface area contributed by atoms with Crippen LogP contribution >= 0.6 is 0 Å². The van der Waals surface area contributed by atoms with Crippen molar-refractivity contribution < 1.29 is 18.9 Å². The smallest absolute Gasteiger partial charge is 0.104 e. The zero-order valence-corrected chi connectivity index (χ0v) is 16.0. The Hall–Kier alpha value is -0.160. The highest BCUT2D eigenvalue weighted by atomic mass is 16.6. The topological polar surface area (TPSA) is 43.5 Å². The second-order valence-corrected chi connectivity index (χ2v) is 8.16. The van der Waals surface area contributed by atoms with Crippen LogP contribution in [0.3, 0.4) is 0 Å². The fraction of sp³-hybridized carbons (Fsp3) is 1.00. The average molecular weight is 343 g/mol. The van der Waals surface area contributed by atoms with Gasteiger partial charge >= 0.3 is 0 Å². The maximum Gasteiger partial charge on any atom is 0.104 e. The largest absolute Gasteiger partial charge is 0.378 e. The molecule has 2 aliphatic heterocycles. The van der Waals surface area contributed by atoms with Crippen LogP contribution in [0.2, 0.25) is 0 Å². The number of hydrogen-bond donors (Lipinski definition) is 0. The van der Waals surface area contributed by atoms with E-state index in [9.17, 15) is 0 Å². The van der Waals surface area contributed by atoms with Crippen molar-refractivity contribution >= 4 is 0 Å². The van der Waals surface area contributed by atoms with Crippen molar-refractivity contribution in [3.63, 3.8) is 0 Å². The zero-order chi connectivity index (χ0) is 17.2. The van der Waals surface area contributed by atoms with Crippen LogP contribution in [0.15, 0.2) is 0 Å². The number of hydrogen-bond acceptors (Lipinski definition) is 4. The third-order valence-corrected chi connectivity index (χ3v) is 5.00. The molecule has 0 amide bonds. The second-order valence-electron chi connectivity index (χ2n) is 8.16. The summed E-state index contributed by atoms with van der Waals surface area (Å²) in [5, 5.41) is 0. The van der Waals surface area contributed by atoms with E-state index < -0.39 is 0 Å². The predicted molar refractivity (Wildman–Crippen MR) is 96.3 cm³/mol. The van der Waals surface area contributed by atoms with E-state index in [0.29, 0.717) is 24.0 Å². The Kier molecular flexibility index (Phi) is 9.62. The van der Waals surface area contributed by atoms with Crippen molar-refractivity contribution in [2.45, 2.75) is 71.5 Å². The molecule has 0 aromatic carbocycles. The number of epoxide rings is 2. The fourth-order valence-corrected chi connectivity index (χ4v) is 3.07. The Labute approximate surface area is 148 Å². The fourth-order valence-electron chi connectivity index (χ4n) is 3.07. The van der Waals surface area contributed by atoms with Gasteiger partial charge < -0.3 is 18.9 Å². The lowest BCUT2D eigenvalue weighted by atomic mass is 9.93. The highest BCUT2D eigenvalue weighted by molar-refractivity contribution is 4.68. The van der Waals surface area contributed by atoms with Crippen molar-refractivity contribution in [2.75, 3.05) is 39.6 Å². The first-order valence-corrected chi connectivity index (χ1v) is 10.0. The van der Waals surface area contributed by atoms with Crippen molar-refractivity contribution in [3.05, 3.63) is 0 Å². The van der Waals surface area contributed by atoms with Gasteiger partial charge in [0.25, 0.3) is 0 Å². The van der Waals surface area contributed by atoms with Gasteiger partial charge in [0.15, 0.2) is 0 Å². The van der Waals surface area contributed by atoms with E-state index in [1.165, 1.54) is 38.5 Å². The van der Waals surface area contributed by atoms with Crippen molar-refractivity contribution in [1.82, 2.24) is 0 Å². The summed E-state index contributed by atoms with van der Waals surface area (Å²) in [6.45, 7) is 12.1. The summed E-state index contributed by atoms with van der Waals surface area (Å²) < 4.78 is 21.7. The molecule has 0 bridgehead atoms. The Bertz CT molecular complexity index is 285. The van der Waals surface area contributed by atoms with E-state index in [4.69, 9.17) is 18.9 Å². The minimum absolute atomic E-state index is 0.395. The Morgan fingerprint density at radius 2 is 1.08 bits per heavy atom. The maximum atomic E-state index is 5.67. The van der Waals surface area contributed by atoms with Crippen molar-refractivity contribution in [2.24, 2.45) is 17.8 Å². The van der Waals surface area contributed by atoms with E-state index in [2.05, 4.69) is 20.8 Å². The molecule has 2 fully saturated rings. The molecule has 4 nitrogen and oxygen atoms in total. The van der Waals surface area contributed by atoms with E-state index in [1.807, 2.05) is 0 Å². The molecule has 2 saturated heterocycles. The molecule has 0 N–H and O–H groups in total. The quantitative estimate of drug-likeness (QED) is 0.397. The third kappa shape index (κ3) is 10.7. The summed E-state index contributed by atoms with van der Waals surface area (Å²) in [5.41, 5.74) is 0. The first-order chi connectivity index (χ1) is 11.6. The first-order valence-electron chi connectivity index (χ1n) is 10.0. The van der Waals surface area contributed by atoms with Crippen LogP contribution < -0.4 is 0 Å². The summed E-state index contributed by atoms with van der Waals surface area (Å²) >= 11 is 0.